The van der Waals surface area contributed by atoms with Crippen LogP contribution in [0.3, 0.4) is 0 Å². The zero-order valence-electron chi connectivity index (χ0n) is 15.0. The normalized spacial score (nSPS) is 11.0. The summed E-state index contributed by atoms with van der Waals surface area (Å²) in [6.45, 7) is 1.56. The van der Waals surface area contributed by atoms with Gasteiger partial charge in [0.25, 0.3) is 5.56 Å². The van der Waals surface area contributed by atoms with Gasteiger partial charge in [-0.2, -0.15) is 0 Å². The number of benzene rings is 1. The van der Waals surface area contributed by atoms with Crippen LogP contribution in [0, 0.1) is 0 Å². The molecule has 1 N–H and O–H groups in total. The summed E-state index contributed by atoms with van der Waals surface area (Å²) < 4.78 is 7.83. The molecule has 0 aliphatic heterocycles. The number of hydrogen-bond acceptors (Lipinski definition) is 4. The van der Waals surface area contributed by atoms with Crippen LogP contribution in [0.5, 0.6) is 0 Å². The number of amides is 1. The van der Waals surface area contributed by atoms with E-state index in [9.17, 15) is 14.4 Å². The van der Waals surface area contributed by atoms with E-state index in [1.807, 2.05) is 30.3 Å². The van der Waals surface area contributed by atoms with Crippen LogP contribution < -0.4 is 16.6 Å². The number of aryl methyl sites for hydroxylation is 1. The second-order valence-corrected chi connectivity index (χ2v) is 5.86. The topological polar surface area (TPSA) is 82.3 Å². The fourth-order valence-electron chi connectivity index (χ4n) is 2.32. The molecule has 7 heteroatoms. The van der Waals surface area contributed by atoms with Crippen molar-refractivity contribution in [1.29, 1.82) is 0 Å². The highest BCUT2D eigenvalue weighted by Crippen LogP contribution is 2.00. The first kappa shape index (κ1) is 19.4. The molecule has 0 atom stereocenters. The molecule has 1 heterocycles. The van der Waals surface area contributed by atoms with Crippen molar-refractivity contribution >= 4 is 12.0 Å². The highest BCUT2D eigenvalue weighted by atomic mass is 16.5. The van der Waals surface area contributed by atoms with Gasteiger partial charge in [0, 0.05) is 39.5 Å². The smallest absolute Gasteiger partial charge is 0.330 e. The van der Waals surface area contributed by atoms with Crippen LogP contribution in [0.4, 0.5) is 0 Å². The van der Waals surface area contributed by atoms with Crippen LogP contribution in [0.15, 0.2) is 52.2 Å². The molecule has 2 rings (SSSR count). The van der Waals surface area contributed by atoms with Crippen LogP contribution in [0.1, 0.15) is 17.5 Å². The molecule has 0 saturated heterocycles. The Morgan fingerprint density at radius 3 is 2.65 bits per heavy atom. The molecule has 26 heavy (non-hydrogen) atoms. The van der Waals surface area contributed by atoms with Gasteiger partial charge in [-0.15, -0.1) is 0 Å². The van der Waals surface area contributed by atoms with E-state index in [4.69, 9.17) is 4.74 Å². The van der Waals surface area contributed by atoms with Crippen molar-refractivity contribution in [2.24, 2.45) is 14.1 Å². The van der Waals surface area contributed by atoms with E-state index in [-0.39, 0.29) is 11.5 Å². The molecule has 1 aromatic heterocycles. The second-order valence-electron chi connectivity index (χ2n) is 5.86. The lowest BCUT2D eigenvalue weighted by Gasteiger charge is -2.05. The van der Waals surface area contributed by atoms with Gasteiger partial charge in [0.05, 0.1) is 12.2 Å². The number of carbonyl (C=O) groups is 1. The van der Waals surface area contributed by atoms with E-state index in [1.165, 1.54) is 30.0 Å². The van der Waals surface area contributed by atoms with Crippen molar-refractivity contribution < 1.29 is 9.53 Å². The van der Waals surface area contributed by atoms with Crippen molar-refractivity contribution in [2.75, 3.05) is 13.2 Å². The molecule has 2 aromatic rings. The highest BCUT2D eigenvalue weighted by Gasteiger charge is 2.04. The zero-order valence-corrected chi connectivity index (χ0v) is 15.0. The second kappa shape index (κ2) is 9.53. The van der Waals surface area contributed by atoms with Gasteiger partial charge >= 0.3 is 5.69 Å². The van der Waals surface area contributed by atoms with E-state index in [2.05, 4.69) is 5.32 Å². The van der Waals surface area contributed by atoms with Gasteiger partial charge in [0.1, 0.15) is 0 Å². The van der Waals surface area contributed by atoms with Crippen LogP contribution in [-0.4, -0.2) is 28.2 Å². The van der Waals surface area contributed by atoms with Gasteiger partial charge in [-0.3, -0.25) is 14.2 Å². The van der Waals surface area contributed by atoms with E-state index in [1.54, 1.807) is 7.05 Å². The summed E-state index contributed by atoms with van der Waals surface area (Å²) in [7, 11) is 2.95. The fraction of sp³-hybridized carbons (Fsp3) is 0.316. The fourth-order valence-corrected chi connectivity index (χ4v) is 2.32. The molecule has 1 aromatic carbocycles. The Labute approximate surface area is 151 Å². The summed E-state index contributed by atoms with van der Waals surface area (Å²) in [5.41, 5.74) is 0.535. The number of ether oxygens (including phenoxy) is 1. The molecule has 0 aliphatic rings. The number of nitrogens with one attached hydrogen (secondary N) is 1. The molecule has 0 aliphatic carbocycles. The Kier molecular flexibility index (Phi) is 7.11. The van der Waals surface area contributed by atoms with Gasteiger partial charge in [-0.25, -0.2) is 4.79 Å². The van der Waals surface area contributed by atoms with E-state index >= 15 is 0 Å². The van der Waals surface area contributed by atoms with Crippen molar-refractivity contribution in [2.45, 2.75) is 13.0 Å². The third kappa shape index (κ3) is 5.56. The third-order valence-corrected chi connectivity index (χ3v) is 3.76. The van der Waals surface area contributed by atoms with Crippen molar-refractivity contribution in [3.05, 3.63) is 74.6 Å². The Morgan fingerprint density at radius 1 is 1.19 bits per heavy atom. The quantitative estimate of drug-likeness (QED) is 0.560. The average Bonchev–Trinajstić information content (AvgIpc) is 2.65. The van der Waals surface area contributed by atoms with E-state index in [0.717, 1.165) is 10.1 Å². The average molecular weight is 357 g/mol. The maximum atomic E-state index is 12.0. The van der Waals surface area contributed by atoms with Crippen molar-refractivity contribution in [3.8, 4) is 0 Å². The van der Waals surface area contributed by atoms with Crippen LogP contribution in [0.25, 0.3) is 6.08 Å². The molecule has 0 bridgehead atoms. The minimum Gasteiger partial charge on any atom is -0.377 e. The zero-order chi connectivity index (χ0) is 18.9. The van der Waals surface area contributed by atoms with Crippen molar-refractivity contribution in [1.82, 2.24) is 14.5 Å². The number of carbonyl (C=O) groups excluding carboxylic acids is 1. The first-order chi connectivity index (χ1) is 12.5. The summed E-state index contributed by atoms with van der Waals surface area (Å²) in [6, 6.07) is 9.87. The predicted molar refractivity (Wildman–Crippen MR) is 99.7 cm³/mol. The number of rotatable bonds is 8. The number of hydrogen-bond donors (Lipinski definition) is 1. The van der Waals surface area contributed by atoms with Gasteiger partial charge in [0.2, 0.25) is 5.91 Å². The third-order valence-electron chi connectivity index (χ3n) is 3.76. The highest BCUT2D eigenvalue weighted by molar-refractivity contribution is 5.91. The Hall–Kier alpha value is -2.93. The number of aromatic nitrogens is 2. The Balaban J connectivity index is 1.73. The summed E-state index contributed by atoms with van der Waals surface area (Å²) in [5, 5.41) is 2.73. The Morgan fingerprint density at radius 2 is 1.92 bits per heavy atom. The summed E-state index contributed by atoms with van der Waals surface area (Å²) in [4.78, 5) is 35.4. The van der Waals surface area contributed by atoms with Gasteiger partial charge in [-0.1, -0.05) is 30.3 Å². The van der Waals surface area contributed by atoms with E-state index < -0.39 is 11.2 Å². The minimum atomic E-state index is -0.438. The van der Waals surface area contributed by atoms with Crippen LogP contribution in [0.2, 0.25) is 0 Å². The molecule has 0 saturated carbocycles. The maximum Gasteiger partial charge on any atom is 0.330 e. The molecular weight excluding hydrogens is 334 g/mol. The summed E-state index contributed by atoms with van der Waals surface area (Å²) in [6.07, 6.45) is 4.79. The molecule has 1 amide bonds. The van der Waals surface area contributed by atoms with Crippen LogP contribution in [-0.2, 0) is 30.2 Å². The molecule has 0 unspecified atom stereocenters. The summed E-state index contributed by atoms with van der Waals surface area (Å²) >= 11 is 0. The molecule has 0 fully saturated rings. The maximum absolute atomic E-state index is 12.0. The monoisotopic (exact) mass is 357 g/mol. The van der Waals surface area contributed by atoms with Crippen LogP contribution >= 0.6 is 0 Å². The largest absolute Gasteiger partial charge is 0.377 e. The molecular formula is C19H23N3O4. The van der Waals surface area contributed by atoms with E-state index in [0.29, 0.717) is 26.2 Å². The van der Waals surface area contributed by atoms with Gasteiger partial charge in [0.15, 0.2) is 0 Å². The summed E-state index contributed by atoms with van der Waals surface area (Å²) in [5.74, 6) is -0.302. The first-order valence-electron chi connectivity index (χ1n) is 8.33. The predicted octanol–water partition coefficient (Wildman–Crippen LogP) is 0.820. The van der Waals surface area contributed by atoms with Crippen molar-refractivity contribution in [3.63, 3.8) is 0 Å². The molecule has 0 spiro atoms. The van der Waals surface area contributed by atoms with Gasteiger partial charge in [-0.05, 0) is 18.1 Å². The minimum absolute atomic E-state index is 0.274. The lowest BCUT2D eigenvalue weighted by molar-refractivity contribution is -0.116. The number of nitrogens with zero attached hydrogens (tertiary/aromatic N) is 2. The lowest BCUT2D eigenvalue weighted by atomic mass is 10.2. The molecule has 7 nitrogen and oxygen atoms in total. The SMILES string of the molecule is Cn1cc(/C=C/C(=O)NCCCOCc2ccccc2)c(=O)n(C)c1=O. The Bertz CT molecular complexity index is 882. The van der Waals surface area contributed by atoms with Gasteiger partial charge < -0.3 is 14.6 Å². The molecule has 138 valence electrons. The molecule has 0 radical (unpaired) electrons. The lowest BCUT2D eigenvalue weighted by Crippen LogP contribution is -2.37. The first-order valence-corrected chi connectivity index (χ1v) is 8.33. The standard InChI is InChI=1S/C19H23N3O4/c1-21-13-16(18(24)22(2)19(21)25)9-10-17(23)20-11-6-12-26-14-15-7-4-3-5-8-15/h3-5,7-10,13H,6,11-12,14H2,1-2H3,(H,20,23)/b10-9+.